The fourth-order valence-corrected chi connectivity index (χ4v) is 4.85. The van der Waals surface area contributed by atoms with E-state index < -0.39 is 16.8 Å². The van der Waals surface area contributed by atoms with Crippen molar-refractivity contribution in [2.24, 2.45) is 5.41 Å². The molecule has 0 bridgehead atoms. The van der Waals surface area contributed by atoms with E-state index in [9.17, 15) is 23.7 Å². The lowest BCUT2D eigenvalue weighted by Gasteiger charge is -2.34. The Morgan fingerprint density at radius 3 is 2.29 bits per heavy atom. The number of nitrogens with one attached hydrogen (secondary N) is 1. The summed E-state index contributed by atoms with van der Waals surface area (Å²) in [5.41, 5.74) is 1.14. The smallest absolute Gasteiger partial charge is 0.271 e. The summed E-state index contributed by atoms with van der Waals surface area (Å²) in [6.07, 6.45) is 3.87. The molecule has 2 aromatic rings. The Morgan fingerprint density at radius 2 is 1.66 bits per heavy atom. The van der Waals surface area contributed by atoms with E-state index in [4.69, 9.17) is 0 Å². The average Bonchev–Trinajstić information content (AvgIpc) is 3.57. The van der Waals surface area contributed by atoms with Gasteiger partial charge in [-0.05, 0) is 44.1 Å². The van der Waals surface area contributed by atoms with Gasteiger partial charge in [-0.15, -0.1) is 0 Å². The number of amides is 1. The van der Waals surface area contributed by atoms with E-state index in [1.165, 1.54) is 31.0 Å². The van der Waals surface area contributed by atoms with Crippen LogP contribution in [0.4, 0.5) is 32.1 Å². The Balaban J connectivity index is 1.37. The van der Waals surface area contributed by atoms with E-state index in [1.54, 1.807) is 11.8 Å². The Hall–Kier alpha value is -3.44. The number of rotatable bonds is 5. The van der Waals surface area contributed by atoms with Crippen LogP contribution < -0.4 is 15.1 Å². The topological polar surface area (TPSA) is 117 Å². The molecular weight excluding hydrogens is 460 g/mol. The highest BCUT2D eigenvalue weighted by atomic mass is 19.3. The second-order valence-corrected chi connectivity index (χ2v) is 9.75. The van der Waals surface area contributed by atoms with Crippen molar-refractivity contribution in [1.82, 2.24) is 15.0 Å². The van der Waals surface area contributed by atoms with Crippen molar-refractivity contribution < 1.29 is 18.5 Å². The van der Waals surface area contributed by atoms with E-state index >= 15 is 0 Å². The maximum absolute atomic E-state index is 13.5. The maximum atomic E-state index is 13.5. The normalized spacial score (nSPS) is 20.5. The van der Waals surface area contributed by atoms with E-state index in [-0.39, 0.29) is 43.5 Å². The van der Waals surface area contributed by atoms with Crippen molar-refractivity contribution in [3.05, 3.63) is 39.7 Å². The zero-order chi connectivity index (χ0) is 24.8. The number of halogens is 2. The summed E-state index contributed by atoms with van der Waals surface area (Å²) in [4.78, 5) is 40.6. The van der Waals surface area contributed by atoms with Crippen molar-refractivity contribution >= 4 is 29.2 Å². The van der Waals surface area contributed by atoms with Crippen LogP contribution in [-0.4, -0.2) is 57.9 Å². The SMILES string of the molecule is Cc1nc(NC(=O)c2ccc([N+](=O)[O-])cc2N2CCC3(CC2)CC3)nc(N2CCC(F)(F)CC2)n1. The van der Waals surface area contributed by atoms with Crippen molar-refractivity contribution in [3.63, 3.8) is 0 Å². The highest BCUT2D eigenvalue weighted by Gasteiger charge is 2.44. The predicted molar refractivity (Wildman–Crippen MR) is 125 cm³/mol. The highest BCUT2D eigenvalue weighted by molar-refractivity contribution is 6.07. The molecule has 12 heteroatoms. The van der Waals surface area contributed by atoms with E-state index in [2.05, 4.69) is 20.3 Å². The summed E-state index contributed by atoms with van der Waals surface area (Å²) in [6.45, 7) is 3.31. The number of piperidine rings is 2. The minimum atomic E-state index is -2.70. The number of nitro benzene ring substituents is 1. The molecule has 2 saturated heterocycles. The number of benzene rings is 1. The van der Waals surface area contributed by atoms with Crippen LogP contribution in [0.1, 0.15) is 54.7 Å². The molecule has 3 aliphatic rings. The Bertz CT molecular complexity index is 1150. The second-order valence-electron chi connectivity index (χ2n) is 9.75. The fraction of sp³-hybridized carbons (Fsp3) is 0.565. The molecule has 10 nitrogen and oxygen atoms in total. The lowest BCUT2D eigenvalue weighted by atomic mass is 9.93. The first kappa shape index (κ1) is 23.3. The summed E-state index contributed by atoms with van der Waals surface area (Å²) in [6, 6.07) is 4.20. The molecule has 186 valence electrons. The molecule has 1 amide bonds. The number of hydrogen-bond acceptors (Lipinski definition) is 8. The summed E-state index contributed by atoms with van der Waals surface area (Å²) in [5.74, 6) is -2.61. The summed E-state index contributed by atoms with van der Waals surface area (Å²) in [7, 11) is 0. The molecule has 1 spiro atoms. The number of nitrogens with zero attached hydrogens (tertiary/aromatic N) is 6. The van der Waals surface area contributed by atoms with Crippen LogP contribution in [0, 0.1) is 22.5 Å². The number of carbonyl (C=O) groups excluding carboxylic acids is 1. The van der Waals surface area contributed by atoms with Gasteiger partial charge in [0.2, 0.25) is 11.9 Å². The summed E-state index contributed by atoms with van der Waals surface area (Å²) < 4.78 is 27.1. The third-order valence-corrected chi connectivity index (χ3v) is 7.30. The van der Waals surface area contributed by atoms with Crippen molar-refractivity contribution in [1.29, 1.82) is 0 Å². The number of nitro groups is 1. The zero-order valence-corrected chi connectivity index (χ0v) is 19.5. The van der Waals surface area contributed by atoms with Gasteiger partial charge in [-0.25, -0.2) is 8.78 Å². The first-order chi connectivity index (χ1) is 16.6. The molecule has 0 unspecified atom stereocenters. The number of carbonyl (C=O) groups is 1. The molecule has 5 rings (SSSR count). The molecule has 0 radical (unpaired) electrons. The van der Waals surface area contributed by atoms with Crippen LogP contribution in [0.3, 0.4) is 0 Å². The van der Waals surface area contributed by atoms with Gasteiger partial charge in [0.05, 0.1) is 16.2 Å². The third kappa shape index (κ3) is 5.01. The molecule has 3 fully saturated rings. The van der Waals surface area contributed by atoms with Crippen LogP contribution in [0.15, 0.2) is 18.2 Å². The number of non-ortho nitro benzene ring substituents is 1. The number of aromatic nitrogens is 3. The van der Waals surface area contributed by atoms with Crippen LogP contribution in [-0.2, 0) is 0 Å². The molecule has 1 N–H and O–H groups in total. The van der Waals surface area contributed by atoms with Crippen molar-refractivity contribution in [3.8, 4) is 0 Å². The highest BCUT2D eigenvalue weighted by Crippen LogP contribution is 2.54. The van der Waals surface area contributed by atoms with Gasteiger partial charge in [0.25, 0.3) is 17.5 Å². The van der Waals surface area contributed by atoms with Crippen LogP contribution in [0.5, 0.6) is 0 Å². The van der Waals surface area contributed by atoms with Gasteiger partial charge in [0, 0.05) is 51.2 Å². The van der Waals surface area contributed by atoms with E-state index in [0.29, 0.717) is 22.5 Å². The molecule has 1 saturated carbocycles. The maximum Gasteiger partial charge on any atom is 0.271 e. The van der Waals surface area contributed by atoms with Gasteiger partial charge in [-0.1, -0.05) is 0 Å². The largest absolute Gasteiger partial charge is 0.371 e. The van der Waals surface area contributed by atoms with Gasteiger partial charge in [-0.3, -0.25) is 20.2 Å². The van der Waals surface area contributed by atoms with Crippen LogP contribution in [0.25, 0.3) is 0 Å². The number of aryl methyl sites for hydroxylation is 1. The minimum Gasteiger partial charge on any atom is -0.371 e. The van der Waals surface area contributed by atoms with Crippen molar-refractivity contribution in [2.45, 2.75) is 51.4 Å². The minimum absolute atomic E-state index is 0.00899. The van der Waals surface area contributed by atoms with Crippen LogP contribution >= 0.6 is 0 Å². The summed E-state index contributed by atoms with van der Waals surface area (Å²) >= 11 is 0. The first-order valence-electron chi connectivity index (χ1n) is 11.8. The Kier molecular flexibility index (Phi) is 5.76. The quantitative estimate of drug-likeness (QED) is 0.498. The Morgan fingerprint density at radius 1 is 1.00 bits per heavy atom. The van der Waals surface area contributed by atoms with E-state index in [1.807, 2.05) is 4.90 Å². The lowest BCUT2D eigenvalue weighted by molar-refractivity contribution is -0.384. The number of hydrogen-bond donors (Lipinski definition) is 1. The monoisotopic (exact) mass is 487 g/mol. The standard InChI is InChI=1S/C23H27F2N7O3/c1-15-26-20(29-21(27-15)31-12-8-23(24,25)9-13-31)28-19(33)17-3-2-16(32(34)35)14-18(17)30-10-6-22(4-5-22)7-11-30/h2-3,14H,4-13H2,1H3,(H,26,27,28,29,33). The molecule has 2 aliphatic heterocycles. The third-order valence-electron chi connectivity index (χ3n) is 7.30. The molecule has 3 heterocycles. The number of alkyl halides is 2. The molecule has 1 aromatic heterocycles. The predicted octanol–water partition coefficient (Wildman–Crippen LogP) is 3.96. The van der Waals surface area contributed by atoms with Gasteiger partial charge in [-0.2, -0.15) is 15.0 Å². The fourth-order valence-electron chi connectivity index (χ4n) is 4.85. The zero-order valence-electron chi connectivity index (χ0n) is 19.5. The van der Waals surface area contributed by atoms with Gasteiger partial charge >= 0.3 is 0 Å². The molecular formula is C23H27F2N7O3. The van der Waals surface area contributed by atoms with Crippen molar-refractivity contribution in [2.75, 3.05) is 41.3 Å². The lowest BCUT2D eigenvalue weighted by Crippen LogP contribution is -2.40. The Labute approximate surface area is 200 Å². The first-order valence-corrected chi connectivity index (χ1v) is 11.8. The van der Waals surface area contributed by atoms with Gasteiger partial charge < -0.3 is 9.80 Å². The van der Waals surface area contributed by atoms with E-state index in [0.717, 1.165) is 25.9 Å². The summed E-state index contributed by atoms with van der Waals surface area (Å²) in [5, 5.41) is 14.1. The van der Waals surface area contributed by atoms with Gasteiger partial charge in [0.15, 0.2) is 0 Å². The van der Waals surface area contributed by atoms with Gasteiger partial charge in [0.1, 0.15) is 5.82 Å². The molecule has 0 atom stereocenters. The second kappa shape index (κ2) is 8.65. The molecule has 1 aromatic carbocycles. The van der Waals surface area contributed by atoms with Crippen LogP contribution in [0.2, 0.25) is 0 Å². The number of anilines is 3. The molecule has 1 aliphatic carbocycles. The average molecular weight is 488 g/mol. The molecule has 35 heavy (non-hydrogen) atoms.